The van der Waals surface area contributed by atoms with Crippen molar-refractivity contribution in [2.24, 2.45) is 5.73 Å². The zero-order valence-electron chi connectivity index (χ0n) is 11.7. The smallest absolute Gasteiger partial charge is 0.203 e. The molecule has 0 fully saturated rings. The van der Waals surface area contributed by atoms with Crippen molar-refractivity contribution in [1.82, 2.24) is 0 Å². The Morgan fingerprint density at radius 2 is 1.80 bits per heavy atom. The topological polar surface area (TPSA) is 53.7 Å². The van der Waals surface area contributed by atoms with E-state index in [1.807, 2.05) is 12.1 Å². The average molecular weight is 293 g/mol. The number of benzene rings is 1. The normalized spacial score (nSPS) is 10.3. The molecular formula is C15H19NO3S. The highest BCUT2D eigenvalue weighted by Gasteiger charge is 2.13. The Kier molecular flexibility index (Phi) is 5.26. The summed E-state index contributed by atoms with van der Waals surface area (Å²) in [7, 11) is 3.22. The van der Waals surface area contributed by atoms with Crippen molar-refractivity contribution in [3.8, 4) is 17.2 Å². The van der Waals surface area contributed by atoms with Gasteiger partial charge in [-0.15, -0.1) is 0 Å². The average Bonchev–Trinajstić information content (AvgIpc) is 3.00. The van der Waals surface area contributed by atoms with Gasteiger partial charge in [0.1, 0.15) is 0 Å². The second kappa shape index (κ2) is 7.17. The maximum atomic E-state index is 5.84. The highest BCUT2D eigenvalue weighted by molar-refractivity contribution is 7.07. The van der Waals surface area contributed by atoms with Crippen molar-refractivity contribution in [2.45, 2.75) is 13.0 Å². The van der Waals surface area contributed by atoms with E-state index in [4.69, 9.17) is 19.9 Å². The minimum absolute atomic E-state index is 0.432. The van der Waals surface area contributed by atoms with Crippen LogP contribution in [0.25, 0.3) is 0 Å². The van der Waals surface area contributed by atoms with Crippen LogP contribution >= 0.6 is 11.3 Å². The van der Waals surface area contributed by atoms with E-state index in [9.17, 15) is 0 Å². The molecule has 20 heavy (non-hydrogen) atoms. The number of hydrogen-bond donors (Lipinski definition) is 1. The van der Waals surface area contributed by atoms with E-state index >= 15 is 0 Å². The molecule has 5 heteroatoms. The van der Waals surface area contributed by atoms with E-state index in [0.29, 0.717) is 30.4 Å². The van der Waals surface area contributed by atoms with Crippen molar-refractivity contribution in [3.05, 3.63) is 40.1 Å². The van der Waals surface area contributed by atoms with Gasteiger partial charge in [-0.2, -0.15) is 11.3 Å². The fourth-order valence-electron chi connectivity index (χ4n) is 1.90. The first-order chi connectivity index (χ1) is 9.78. The molecule has 1 heterocycles. The van der Waals surface area contributed by atoms with Gasteiger partial charge in [0.15, 0.2) is 11.5 Å². The fraction of sp³-hybridized carbons (Fsp3) is 0.333. The Morgan fingerprint density at radius 3 is 2.30 bits per heavy atom. The standard InChI is InChI=1S/C15H19NO3S/c1-17-13-7-12(9-16)8-14(18-2)15(13)19-5-3-11-4-6-20-10-11/h4,6-8,10H,3,5,9,16H2,1-2H3. The third kappa shape index (κ3) is 3.43. The highest BCUT2D eigenvalue weighted by Crippen LogP contribution is 2.38. The summed E-state index contributed by atoms with van der Waals surface area (Å²) >= 11 is 1.69. The van der Waals surface area contributed by atoms with Crippen LogP contribution in [0.1, 0.15) is 11.1 Å². The van der Waals surface area contributed by atoms with E-state index < -0.39 is 0 Å². The molecule has 2 rings (SSSR count). The van der Waals surface area contributed by atoms with Crippen molar-refractivity contribution in [2.75, 3.05) is 20.8 Å². The lowest BCUT2D eigenvalue weighted by Gasteiger charge is -2.15. The van der Waals surface area contributed by atoms with Crippen LogP contribution in [0.3, 0.4) is 0 Å². The molecule has 0 aliphatic carbocycles. The van der Waals surface area contributed by atoms with Crippen molar-refractivity contribution >= 4 is 11.3 Å². The molecule has 2 N–H and O–H groups in total. The number of hydrogen-bond acceptors (Lipinski definition) is 5. The van der Waals surface area contributed by atoms with Crippen molar-refractivity contribution in [1.29, 1.82) is 0 Å². The van der Waals surface area contributed by atoms with Gasteiger partial charge in [-0.05, 0) is 40.1 Å². The molecule has 4 nitrogen and oxygen atoms in total. The summed E-state index contributed by atoms with van der Waals surface area (Å²) in [6, 6.07) is 5.85. The van der Waals surface area contributed by atoms with Crippen LogP contribution in [-0.2, 0) is 13.0 Å². The van der Waals surface area contributed by atoms with Gasteiger partial charge in [0.05, 0.1) is 20.8 Å². The third-order valence-electron chi connectivity index (χ3n) is 2.97. The van der Waals surface area contributed by atoms with Crippen LogP contribution in [0, 0.1) is 0 Å². The van der Waals surface area contributed by atoms with Crippen LogP contribution in [-0.4, -0.2) is 20.8 Å². The largest absolute Gasteiger partial charge is 0.493 e. The molecule has 0 aliphatic heterocycles. The van der Waals surface area contributed by atoms with Gasteiger partial charge >= 0.3 is 0 Å². The van der Waals surface area contributed by atoms with Gasteiger partial charge in [0, 0.05) is 13.0 Å². The lowest BCUT2D eigenvalue weighted by Crippen LogP contribution is -2.05. The maximum absolute atomic E-state index is 5.84. The van der Waals surface area contributed by atoms with Gasteiger partial charge in [0.2, 0.25) is 5.75 Å². The van der Waals surface area contributed by atoms with Gasteiger partial charge in [-0.1, -0.05) is 0 Å². The Morgan fingerprint density at radius 1 is 1.10 bits per heavy atom. The summed E-state index contributed by atoms with van der Waals surface area (Å²) in [6.45, 7) is 1.01. The van der Waals surface area contributed by atoms with Gasteiger partial charge in [-0.3, -0.25) is 0 Å². The number of thiophene rings is 1. The molecule has 1 aromatic carbocycles. The van der Waals surface area contributed by atoms with E-state index in [1.165, 1.54) is 5.56 Å². The minimum Gasteiger partial charge on any atom is -0.493 e. The van der Waals surface area contributed by atoms with Gasteiger partial charge < -0.3 is 19.9 Å². The predicted octanol–water partition coefficient (Wildman–Crippen LogP) is 2.85. The zero-order valence-corrected chi connectivity index (χ0v) is 12.5. The monoisotopic (exact) mass is 293 g/mol. The molecule has 0 aliphatic rings. The molecule has 2 aromatic rings. The first-order valence-corrected chi connectivity index (χ1v) is 7.31. The lowest BCUT2D eigenvalue weighted by atomic mass is 10.2. The Labute approximate surface area is 123 Å². The van der Waals surface area contributed by atoms with Crippen molar-refractivity contribution in [3.63, 3.8) is 0 Å². The first kappa shape index (κ1) is 14.7. The molecule has 0 atom stereocenters. The molecule has 0 unspecified atom stereocenters. The van der Waals surface area contributed by atoms with Crippen LogP contribution in [0.4, 0.5) is 0 Å². The molecule has 0 bridgehead atoms. The third-order valence-corrected chi connectivity index (χ3v) is 3.71. The number of methoxy groups -OCH3 is 2. The van der Waals surface area contributed by atoms with E-state index in [-0.39, 0.29) is 0 Å². The first-order valence-electron chi connectivity index (χ1n) is 6.37. The Balaban J connectivity index is 2.12. The van der Waals surface area contributed by atoms with Gasteiger partial charge in [-0.25, -0.2) is 0 Å². The van der Waals surface area contributed by atoms with E-state index in [2.05, 4.69) is 16.8 Å². The van der Waals surface area contributed by atoms with E-state index in [0.717, 1.165) is 12.0 Å². The van der Waals surface area contributed by atoms with Crippen LogP contribution in [0.2, 0.25) is 0 Å². The summed E-state index contributed by atoms with van der Waals surface area (Å²) < 4.78 is 16.6. The number of nitrogens with two attached hydrogens (primary N) is 1. The Hall–Kier alpha value is -1.72. The molecule has 0 saturated carbocycles. The van der Waals surface area contributed by atoms with Gasteiger partial charge in [0.25, 0.3) is 0 Å². The summed E-state index contributed by atoms with van der Waals surface area (Å²) in [5, 5.41) is 4.18. The Bertz CT molecular complexity index is 515. The van der Waals surface area contributed by atoms with E-state index in [1.54, 1.807) is 25.6 Å². The molecular weight excluding hydrogens is 274 g/mol. The summed E-state index contributed by atoms with van der Waals surface area (Å²) in [5.41, 5.74) is 7.88. The number of rotatable bonds is 7. The second-order valence-corrected chi connectivity index (χ2v) is 5.04. The summed E-state index contributed by atoms with van der Waals surface area (Å²) in [5.74, 6) is 1.92. The molecule has 0 radical (unpaired) electrons. The maximum Gasteiger partial charge on any atom is 0.203 e. The summed E-state index contributed by atoms with van der Waals surface area (Å²) in [4.78, 5) is 0. The molecule has 108 valence electrons. The van der Waals surface area contributed by atoms with Crippen LogP contribution in [0.15, 0.2) is 29.0 Å². The van der Waals surface area contributed by atoms with Crippen molar-refractivity contribution < 1.29 is 14.2 Å². The molecule has 1 aromatic heterocycles. The van der Waals surface area contributed by atoms with Crippen LogP contribution in [0.5, 0.6) is 17.2 Å². The highest BCUT2D eigenvalue weighted by atomic mass is 32.1. The fourth-order valence-corrected chi connectivity index (χ4v) is 2.60. The molecule has 0 amide bonds. The lowest BCUT2D eigenvalue weighted by molar-refractivity contribution is 0.277. The molecule has 0 saturated heterocycles. The predicted molar refractivity (Wildman–Crippen MR) is 81.0 cm³/mol. The zero-order chi connectivity index (χ0) is 14.4. The van der Waals surface area contributed by atoms with Crippen LogP contribution < -0.4 is 19.9 Å². The SMILES string of the molecule is COc1cc(CN)cc(OC)c1OCCc1ccsc1. The second-order valence-electron chi connectivity index (χ2n) is 4.26. The minimum atomic E-state index is 0.432. The molecule has 0 spiro atoms. The summed E-state index contributed by atoms with van der Waals surface area (Å²) in [6.07, 6.45) is 0.856. The quantitative estimate of drug-likeness (QED) is 0.853. The number of ether oxygens (including phenoxy) is 3.